The number of aryl methyl sites for hydroxylation is 1. The summed E-state index contributed by atoms with van der Waals surface area (Å²) < 4.78 is 44.1. The first kappa shape index (κ1) is 16.5. The van der Waals surface area contributed by atoms with Crippen LogP contribution in [0.5, 0.6) is 0 Å². The van der Waals surface area contributed by atoms with E-state index in [1.165, 1.54) is 17.7 Å². The molecule has 2 heterocycles. The van der Waals surface area contributed by atoms with E-state index in [-0.39, 0.29) is 18.7 Å². The lowest BCUT2D eigenvalue weighted by Crippen LogP contribution is -2.52. The maximum Gasteiger partial charge on any atom is 0.416 e. The van der Waals surface area contributed by atoms with E-state index in [0.717, 1.165) is 10.5 Å². The number of rotatable bonds is 1. The summed E-state index contributed by atoms with van der Waals surface area (Å²) in [6.45, 7) is 2.70. The molecule has 0 saturated carbocycles. The lowest BCUT2D eigenvalue weighted by atomic mass is 10.1. The monoisotopic (exact) mass is 318 g/mol. The van der Waals surface area contributed by atoms with Gasteiger partial charge in [0.25, 0.3) is 11.5 Å². The Bertz CT molecular complexity index is 652. The van der Waals surface area contributed by atoms with Gasteiger partial charge in [-0.1, -0.05) is 0 Å². The van der Waals surface area contributed by atoms with Gasteiger partial charge >= 0.3 is 6.18 Å². The molecular formula is C14H17F3N2O3. The molecule has 1 aromatic heterocycles. The molecule has 0 spiro atoms. The molecule has 0 unspecified atom stereocenters. The van der Waals surface area contributed by atoms with Crippen molar-refractivity contribution in [2.75, 3.05) is 19.7 Å². The highest BCUT2D eigenvalue weighted by atomic mass is 19.4. The number of amides is 1. The molecule has 1 atom stereocenters. The van der Waals surface area contributed by atoms with Crippen LogP contribution in [-0.4, -0.2) is 47.4 Å². The van der Waals surface area contributed by atoms with Crippen LogP contribution in [0.25, 0.3) is 0 Å². The van der Waals surface area contributed by atoms with E-state index >= 15 is 0 Å². The zero-order valence-electron chi connectivity index (χ0n) is 12.5. The van der Waals surface area contributed by atoms with Crippen LogP contribution in [0, 0.1) is 13.8 Å². The van der Waals surface area contributed by atoms with Gasteiger partial charge in [0.15, 0.2) is 6.10 Å². The molecule has 0 aromatic carbocycles. The Labute approximate surface area is 125 Å². The number of nitrogens with zero attached hydrogens (tertiary/aromatic N) is 2. The van der Waals surface area contributed by atoms with Crippen molar-refractivity contribution in [1.29, 1.82) is 0 Å². The van der Waals surface area contributed by atoms with Crippen molar-refractivity contribution in [1.82, 2.24) is 9.47 Å². The molecule has 5 nitrogen and oxygen atoms in total. The molecule has 122 valence electrons. The summed E-state index contributed by atoms with van der Waals surface area (Å²) in [5.74, 6) is -0.693. The number of carbonyl (C=O) groups is 1. The van der Waals surface area contributed by atoms with Crippen LogP contribution in [0.1, 0.15) is 21.6 Å². The Morgan fingerprint density at radius 3 is 2.59 bits per heavy atom. The van der Waals surface area contributed by atoms with Gasteiger partial charge in [-0.3, -0.25) is 9.59 Å². The average molecular weight is 318 g/mol. The predicted octanol–water partition coefficient (Wildman–Crippen LogP) is 1.41. The largest absolute Gasteiger partial charge is 0.416 e. The van der Waals surface area contributed by atoms with E-state index in [4.69, 9.17) is 0 Å². The van der Waals surface area contributed by atoms with E-state index < -0.39 is 30.3 Å². The molecular weight excluding hydrogens is 301 g/mol. The zero-order chi connectivity index (χ0) is 16.7. The van der Waals surface area contributed by atoms with Crippen molar-refractivity contribution in [2.45, 2.75) is 26.1 Å². The molecule has 1 aliphatic heterocycles. The second kappa shape index (κ2) is 5.75. The Morgan fingerprint density at radius 1 is 1.36 bits per heavy atom. The number of alkyl halides is 3. The zero-order valence-corrected chi connectivity index (χ0v) is 12.5. The van der Waals surface area contributed by atoms with E-state index in [1.807, 2.05) is 0 Å². The number of halogens is 3. The van der Waals surface area contributed by atoms with Gasteiger partial charge < -0.3 is 14.2 Å². The fraction of sp³-hybridized carbons (Fsp3) is 0.571. The normalized spacial score (nSPS) is 19.4. The second-order valence-electron chi connectivity index (χ2n) is 5.34. The maximum absolute atomic E-state index is 12.7. The SMILES string of the molecule is Cc1cc(C(=O)N2CCO[C@H](C(F)(F)F)C2)c(=O)n(C)c1C. The molecule has 1 saturated heterocycles. The minimum absolute atomic E-state index is 0.0293. The quantitative estimate of drug-likeness (QED) is 0.787. The first-order chi connectivity index (χ1) is 10.1. The summed E-state index contributed by atoms with van der Waals surface area (Å²) in [5.41, 5.74) is 0.805. The molecule has 0 bridgehead atoms. The van der Waals surface area contributed by atoms with Crippen molar-refractivity contribution >= 4 is 5.91 Å². The van der Waals surface area contributed by atoms with Crippen LogP contribution in [0.15, 0.2) is 10.9 Å². The summed E-state index contributed by atoms with van der Waals surface area (Å²) in [6.07, 6.45) is -6.55. The van der Waals surface area contributed by atoms with Crippen LogP contribution in [0.2, 0.25) is 0 Å². The highest BCUT2D eigenvalue weighted by molar-refractivity contribution is 5.94. The molecule has 1 amide bonds. The van der Waals surface area contributed by atoms with Gasteiger partial charge in [-0.15, -0.1) is 0 Å². The van der Waals surface area contributed by atoms with E-state index in [2.05, 4.69) is 4.74 Å². The number of hydrogen-bond donors (Lipinski definition) is 0. The number of carbonyl (C=O) groups excluding carboxylic acids is 1. The Kier molecular flexibility index (Phi) is 4.32. The highest BCUT2D eigenvalue weighted by Gasteiger charge is 2.44. The third-order valence-electron chi connectivity index (χ3n) is 3.92. The second-order valence-corrected chi connectivity index (χ2v) is 5.34. The molecule has 22 heavy (non-hydrogen) atoms. The van der Waals surface area contributed by atoms with Gasteiger partial charge in [-0.2, -0.15) is 13.2 Å². The maximum atomic E-state index is 12.7. The summed E-state index contributed by atoms with van der Waals surface area (Å²) in [5, 5.41) is 0. The number of hydrogen-bond acceptors (Lipinski definition) is 3. The van der Waals surface area contributed by atoms with Gasteiger partial charge in [0, 0.05) is 19.3 Å². The Balaban J connectivity index is 2.31. The molecule has 1 aromatic rings. The van der Waals surface area contributed by atoms with Gasteiger partial charge in [0.2, 0.25) is 0 Å². The number of pyridine rings is 1. The van der Waals surface area contributed by atoms with Crippen LogP contribution < -0.4 is 5.56 Å². The molecule has 0 aliphatic carbocycles. The van der Waals surface area contributed by atoms with Gasteiger partial charge in [0.05, 0.1) is 13.2 Å². The Hall–Kier alpha value is -1.83. The minimum Gasteiger partial charge on any atom is -0.365 e. The standard InChI is InChI=1S/C14H17F3N2O3/c1-8-6-10(12(20)18(3)9(8)2)13(21)19-4-5-22-11(7-19)14(15,16)17/h6,11H,4-5,7H2,1-3H3/t11-/m0/s1. The summed E-state index contributed by atoms with van der Waals surface area (Å²) >= 11 is 0. The smallest absolute Gasteiger partial charge is 0.365 e. The average Bonchev–Trinajstić information content (AvgIpc) is 2.47. The molecule has 0 N–H and O–H groups in total. The predicted molar refractivity (Wildman–Crippen MR) is 72.9 cm³/mol. The molecule has 1 fully saturated rings. The number of aromatic nitrogens is 1. The summed E-state index contributed by atoms with van der Waals surface area (Å²) in [7, 11) is 1.53. The first-order valence-corrected chi connectivity index (χ1v) is 6.77. The van der Waals surface area contributed by atoms with E-state index in [9.17, 15) is 22.8 Å². The third-order valence-corrected chi connectivity index (χ3v) is 3.92. The number of morpholine rings is 1. The molecule has 2 rings (SSSR count). The molecule has 1 aliphatic rings. The number of ether oxygens (including phenoxy) is 1. The van der Waals surface area contributed by atoms with Gasteiger partial charge in [-0.25, -0.2) is 0 Å². The third kappa shape index (κ3) is 3.01. The van der Waals surface area contributed by atoms with Crippen molar-refractivity contribution in [3.63, 3.8) is 0 Å². The lowest BCUT2D eigenvalue weighted by molar-refractivity contribution is -0.233. The Morgan fingerprint density at radius 2 is 2.00 bits per heavy atom. The van der Waals surface area contributed by atoms with Crippen LogP contribution >= 0.6 is 0 Å². The fourth-order valence-electron chi connectivity index (χ4n) is 2.34. The van der Waals surface area contributed by atoms with Crippen molar-refractivity contribution < 1.29 is 22.7 Å². The fourth-order valence-corrected chi connectivity index (χ4v) is 2.34. The van der Waals surface area contributed by atoms with E-state index in [1.54, 1.807) is 13.8 Å². The van der Waals surface area contributed by atoms with Crippen LogP contribution in [-0.2, 0) is 11.8 Å². The van der Waals surface area contributed by atoms with Crippen molar-refractivity contribution in [3.8, 4) is 0 Å². The highest BCUT2D eigenvalue weighted by Crippen LogP contribution is 2.26. The van der Waals surface area contributed by atoms with Gasteiger partial charge in [-0.05, 0) is 25.5 Å². The lowest BCUT2D eigenvalue weighted by Gasteiger charge is -2.33. The first-order valence-electron chi connectivity index (χ1n) is 6.77. The minimum atomic E-state index is -4.53. The molecule has 0 radical (unpaired) electrons. The summed E-state index contributed by atoms with van der Waals surface area (Å²) in [6, 6.07) is 1.43. The van der Waals surface area contributed by atoms with Gasteiger partial charge in [0.1, 0.15) is 5.56 Å². The van der Waals surface area contributed by atoms with Crippen molar-refractivity contribution in [3.05, 3.63) is 33.2 Å². The van der Waals surface area contributed by atoms with Crippen LogP contribution in [0.4, 0.5) is 13.2 Å². The van der Waals surface area contributed by atoms with Crippen LogP contribution in [0.3, 0.4) is 0 Å². The van der Waals surface area contributed by atoms with Crippen molar-refractivity contribution in [2.24, 2.45) is 7.05 Å². The van der Waals surface area contributed by atoms with E-state index in [0.29, 0.717) is 5.69 Å². The summed E-state index contributed by atoms with van der Waals surface area (Å²) in [4.78, 5) is 25.6. The topological polar surface area (TPSA) is 51.5 Å². The molecule has 8 heteroatoms.